The number of nitrogens with one attached hydrogen (secondary N) is 2. The van der Waals surface area contributed by atoms with E-state index >= 15 is 0 Å². The van der Waals surface area contributed by atoms with Crippen LogP contribution in [-0.2, 0) is 4.79 Å². The molecule has 0 aliphatic rings. The topological polar surface area (TPSA) is 53.5 Å². The number of benzene rings is 2. The Balaban J connectivity index is 2.01. The zero-order valence-corrected chi connectivity index (χ0v) is 16.3. The highest BCUT2D eigenvalue weighted by molar-refractivity contribution is 14.1. The van der Waals surface area contributed by atoms with Gasteiger partial charge in [-0.25, -0.2) is 5.43 Å². The Kier molecular flexibility index (Phi) is 6.78. The van der Waals surface area contributed by atoms with E-state index in [-0.39, 0.29) is 11.9 Å². The molecule has 126 valence electrons. The van der Waals surface area contributed by atoms with E-state index in [0.717, 1.165) is 28.9 Å². The maximum Gasteiger partial charge on any atom is 0.262 e. The Morgan fingerprint density at radius 2 is 1.92 bits per heavy atom. The van der Waals surface area contributed by atoms with Gasteiger partial charge in [0.15, 0.2) is 0 Å². The molecule has 0 aliphatic heterocycles. The Labute approximate surface area is 156 Å². The van der Waals surface area contributed by atoms with Crippen LogP contribution in [0.3, 0.4) is 0 Å². The smallest absolute Gasteiger partial charge is 0.262 e. The third-order valence-corrected chi connectivity index (χ3v) is 4.37. The minimum Gasteiger partial charge on any atom is -0.374 e. The number of halogens is 1. The number of hydrazone groups is 1. The van der Waals surface area contributed by atoms with E-state index in [1.165, 1.54) is 3.57 Å². The highest BCUT2D eigenvalue weighted by Crippen LogP contribution is 2.18. The van der Waals surface area contributed by atoms with E-state index in [2.05, 4.69) is 44.5 Å². The van der Waals surface area contributed by atoms with Gasteiger partial charge in [0.1, 0.15) is 6.04 Å². The van der Waals surface area contributed by atoms with Crippen LogP contribution >= 0.6 is 22.6 Å². The van der Waals surface area contributed by atoms with Crippen LogP contribution in [0.2, 0.25) is 0 Å². The van der Waals surface area contributed by atoms with Crippen molar-refractivity contribution in [1.29, 1.82) is 0 Å². The summed E-state index contributed by atoms with van der Waals surface area (Å²) >= 11 is 2.27. The van der Waals surface area contributed by atoms with Gasteiger partial charge in [-0.1, -0.05) is 37.3 Å². The van der Waals surface area contributed by atoms with E-state index in [1.807, 2.05) is 63.2 Å². The van der Waals surface area contributed by atoms with Gasteiger partial charge in [0.2, 0.25) is 0 Å². The first-order chi connectivity index (χ1) is 11.5. The zero-order chi connectivity index (χ0) is 17.5. The van der Waals surface area contributed by atoms with E-state index in [4.69, 9.17) is 0 Å². The summed E-state index contributed by atoms with van der Waals surface area (Å²) in [6.07, 6.45) is 0.752. The molecule has 24 heavy (non-hydrogen) atoms. The second kappa shape index (κ2) is 8.82. The van der Waals surface area contributed by atoms with E-state index in [9.17, 15) is 4.79 Å². The number of aryl methyl sites for hydroxylation is 1. The molecule has 0 aromatic heterocycles. The van der Waals surface area contributed by atoms with Gasteiger partial charge in [0.25, 0.3) is 5.91 Å². The quantitative estimate of drug-likeness (QED) is 0.403. The lowest BCUT2D eigenvalue weighted by Crippen LogP contribution is -2.35. The molecule has 0 radical (unpaired) electrons. The summed E-state index contributed by atoms with van der Waals surface area (Å²) in [7, 11) is 0. The average Bonchev–Trinajstić information content (AvgIpc) is 2.58. The molecule has 0 aliphatic carbocycles. The minimum absolute atomic E-state index is 0.158. The Bertz CT molecular complexity index is 729. The monoisotopic (exact) mass is 435 g/mol. The number of amides is 1. The molecular weight excluding hydrogens is 413 g/mol. The number of carbonyl (C=O) groups is 1. The Morgan fingerprint density at radius 3 is 2.54 bits per heavy atom. The SMILES string of the molecule is CC/C(=N\NC(=O)C(C)Nc1ccc(I)cc1C)c1ccccc1. The predicted molar refractivity (Wildman–Crippen MR) is 108 cm³/mol. The van der Waals surface area contributed by atoms with Crippen molar-refractivity contribution < 1.29 is 4.79 Å². The van der Waals surface area contributed by atoms with Crippen LogP contribution in [0.25, 0.3) is 0 Å². The lowest BCUT2D eigenvalue weighted by molar-refractivity contribution is -0.121. The molecule has 0 fully saturated rings. The second-order valence-electron chi connectivity index (χ2n) is 5.58. The first-order valence-corrected chi connectivity index (χ1v) is 9.03. The van der Waals surface area contributed by atoms with Crippen LogP contribution in [0.5, 0.6) is 0 Å². The predicted octanol–water partition coefficient (Wildman–Crippen LogP) is 4.33. The summed E-state index contributed by atoms with van der Waals surface area (Å²) in [4.78, 5) is 12.3. The number of anilines is 1. The highest BCUT2D eigenvalue weighted by atomic mass is 127. The third-order valence-electron chi connectivity index (χ3n) is 3.70. The molecule has 1 amide bonds. The third kappa shape index (κ3) is 5.06. The Morgan fingerprint density at radius 1 is 1.21 bits per heavy atom. The van der Waals surface area contributed by atoms with Crippen molar-refractivity contribution in [2.45, 2.75) is 33.2 Å². The second-order valence-corrected chi connectivity index (χ2v) is 6.83. The van der Waals surface area contributed by atoms with E-state index in [1.54, 1.807) is 0 Å². The van der Waals surface area contributed by atoms with Gasteiger partial charge >= 0.3 is 0 Å². The average molecular weight is 435 g/mol. The number of hydrogen-bond donors (Lipinski definition) is 2. The first kappa shape index (κ1) is 18.4. The van der Waals surface area contributed by atoms with Gasteiger partial charge in [0.05, 0.1) is 5.71 Å². The molecule has 0 bridgehead atoms. The summed E-state index contributed by atoms with van der Waals surface area (Å²) in [6, 6.07) is 15.6. The van der Waals surface area contributed by atoms with Crippen molar-refractivity contribution in [1.82, 2.24) is 5.43 Å². The largest absolute Gasteiger partial charge is 0.374 e. The van der Waals surface area contributed by atoms with Crippen LogP contribution in [0.4, 0.5) is 5.69 Å². The number of carbonyl (C=O) groups excluding carboxylic acids is 1. The van der Waals surface area contributed by atoms with Crippen molar-refractivity contribution in [3.05, 3.63) is 63.2 Å². The van der Waals surface area contributed by atoms with Crippen molar-refractivity contribution in [3.8, 4) is 0 Å². The van der Waals surface area contributed by atoms with Crippen LogP contribution in [0.1, 0.15) is 31.4 Å². The molecule has 2 N–H and O–H groups in total. The summed E-state index contributed by atoms with van der Waals surface area (Å²) in [5.74, 6) is -0.158. The van der Waals surface area contributed by atoms with Gasteiger partial charge in [0, 0.05) is 9.26 Å². The lowest BCUT2D eigenvalue weighted by Gasteiger charge is -2.16. The summed E-state index contributed by atoms with van der Waals surface area (Å²) in [5, 5.41) is 7.52. The summed E-state index contributed by atoms with van der Waals surface area (Å²) < 4.78 is 1.17. The molecule has 0 spiro atoms. The van der Waals surface area contributed by atoms with Gasteiger partial charge in [-0.15, -0.1) is 0 Å². The number of hydrogen-bond acceptors (Lipinski definition) is 3. The van der Waals surface area contributed by atoms with Gasteiger partial charge in [-0.3, -0.25) is 4.79 Å². The maximum atomic E-state index is 12.3. The molecule has 4 nitrogen and oxygen atoms in total. The fourth-order valence-corrected chi connectivity index (χ4v) is 2.93. The van der Waals surface area contributed by atoms with E-state index in [0.29, 0.717) is 0 Å². The maximum absolute atomic E-state index is 12.3. The zero-order valence-electron chi connectivity index (χ0n) is 14.1. The van der Waals surface area contributed by atoms with Crippen molar-refractivity contribution in [3.63, 3.8) is 0 Å². The molecule has 0 saturated heterocycles. The van der Waals surface area contributed by atoms with Gasteiger partial charge in [-0.2, -0.15) is 5.10 Å². The molecule has 2 aromatic carbocycles. The molecule has 1 atom stereocenters. The standard InChI is InChI=1S/C19H22IN3O/c1-4-17(15-8-6-5-7-9-15)22-23-19(24)14(3)21-18-11-10-16(20)12-13(18)2/h5-12,14,21H,4H2,1-3H3,(H,23,24)/b22-17+. The van der Waals surface area contributed by atoms with Crippen molar-refractivity contribution in [2.75, 3.05) is 5.32 Å². The molecule has 2 rings (SSSR count). The summed E-state index contributed by atoms with van der Waals surface area (Å²) in [6.45, 7) is 5.88. The molecular formula is C19H22IN3O. The van der Waals surface area contributed by atoms with E-state index < -0.39 is 0 Å². The van der Waals surface area contributed by atoms with Crippen LogP contribution < -0.4 is 10.7 Å². The Hall–Kier alpha value is -1.89. The highest BCUT2D eigenvalue weighted by Gasteiger charge is 2.13. The van der Waals surface area contributed by atoms with Crippen LogP contribution in [0.15, 0.2) is 53.6 Å². The van der Waals surface area contributed by atoms with Gasteiger partial charge < -0.3 is 5.32 Å². The van der Waals surface area contributed by atoms with Crippen LogP contribution in [-0.4, -0.2) is 17.7 Å². The van der Waals surface area contributed by atoms with Crippen molar-refractivity contribution in [2.24, 2.45) is 5.10 Å². The van der Waals surface area contributed by atoms with Crippen molar-refractivity contribution >= 4 is 39.9 Å². The fraction of sp³-hybridized carbons (Fsp3) is 0.263. The minimum atomic E-state index is -0.374. The number of nitrogens with zero attached hydrogens (tertiary/aromatic N) is 1. The van der Waals surface area contributed by atoms with Crippen LogP contribution in [0, 0.1) is 10.5 Å². The molecule has 2 aromatic rings. The molecule has 1 unspecified atom stereocenters. The fourth-order valence-electron chi connectivity index (χ4n) is 2.29. The van der Waals surface area contributed by atoms with Gasteiger partial charge in [-0.05, 0) is 72.2 Å². The summed E-state index contributed by atoms with van der Waals surface area (Å²) in [5.41, 5.74) is 6.63. The molecule has 0 heterocycles. The lowest BCUT2D eigenvalue weighted by atomic mass is 10.1. The number of rotatable bonds is 6. The normalized spacial score (nSPS) is 12.6. The first-order valence-electron chi connectivity index (χ1n) is 7.95. The molecule has 0 saturated carbocycles. The molecule has 5 heteroatoms.